The van der Waals surface area contributed by atoms with Crippen LogP contribution < -0.4 is 10.6 Å². The Labute approximate surface area is 131 Å². The first-order chi connectivity index (χ1) is 10.8. The van der Waals surface area contributed by atoms with E-state index in [2.05, 4.69) is 0 Å². The fraction of sp³-hybridized carbons (Fsp3) is 0.588. The lowest BCUT2D eigenvalue weighted by Crippen LogP contribution is -2.36. The summed E-state index contributed by atoms with van der Waals surface area (Å²) in [7, 11) is 0. The highest BCUT2D eigenvalue weighted by Gasteiger charge is 2.23. The van der Waals surface area contributed by atoms with E-state index in [1.165, 1.54) is 0 Å². The Bertz CT molecular complexity index is 527. The van der Waals surface area contributed by atoms with Gasteiger partial charge in [0, 0.05) is 31.1 Å². The molecule has 2 N–H and O–H groups in total. The van der Waals surface area contributed by atoms with Crippen molar-refractivity contribution in [2.24, 2.45) is 0 Å². The second kappa shape index (κ2) is 7.11. The average molecular weight is 304 g/mol. The molecule has 2 heterocycles. The number of anilines is 2. The first-order valence-electron chi connectivity index (χ1n) is 8.13. The van der Waals surface area contributed by atoms with Gasteiger partial charge in [0.2, 0.25) is 5.91 Å². The number of nitrogens with two attached hydrogens (primary N) is 1. The van der Waals surface area contributed by atoms with E-state index in [0.29, 0.717) is 13.0 Å². The van der Waals surface area contributed by atoms with Gasteiger partial charge >= 0.3 is 0 Å². The predicted octanol–water partition coefficient (Wildman–Crippen LogP) is 2.13. The number of rotatable bonds is 4. The smallest absolute Gasteiger partial charge is 0.229 e. The Morgan fingerprint density at radius 2 is 2.18 bits per heavy atom. The number of amides is 1. The quantitative estimate of drug-likeness (QED) is 0.866. The van der Waals surface area contributed by atoms with Crippen LogP contribution in [0.25, 0.3) is 0 Å². The first-order valence-corrected chi connectivity index (χ1v) is 8.13. The maximum absolute atomic E-state index is 12.5. The van der Waals surface area contributed by atoms with Gasteiger partial charge in [-0.1, -0.05) is 6.07 Å². The molecule has 5 heteroatoms. The minimum absolute atomic E-state index is 0.124. The summed E-state index contributed by atoms with van der Waals surface area (Å²) in [5, 5.41) is 0. The summed E-state index contributed by atoms with van der Waals surface area (Å²) in [5.74, 6) is 0.124. The van der Waals surface area contributed by atoms with Crippen LogP contribution in [0.5, 0.6) is 0 Å². The third-order valence-corrected chi connectivity index (χ3v) is 4.43. The van der Waals surface area contributed by atoms with Crippen molar-refractivity contribution in [1.29, 1.82) is 0 Å². The van der Waals surface area contributed by atoms with Crippen LogP contribution in [0.4, 0.5) is 11.4 Å². The highest BCUT2D eigenvalue weighted by atomic mass is 16.5. The topological polar surface area (TPSA) is 64.8 Å². The molecule has 0 aliphatic carbocycles. The minimum atomic E-state index is 0.124. The lowest BCUT2D eigenvalue weighted by molar-refractivity contribution is -0.120. The van der Waals surface area contributed by atoms with E-state index >= 15 is 0 Å². The third-order valence-electron chi connectivity index (χ3n) is 4.43. The zero-order valence-corrected chi connectivity index (χ0v) is 12.9. The molecule has 3 rings (SSSR count). The van der Waals surface area contributed by atoms with Gasteiger partial charge in [0.1, 0.15) is 0 Å². The van der Waals surface area contributed by atoms with E-state index in [-0.39, 0.29) is 12.0 Å². The van der Waals surface area contributed by atoms with Gasteiger partial charge in [-0.25, -0.2) is 0 Å². The number of carbonyl (C=O) groups excluding carboxylic acids is 1. The third kappa shape index (κ3) is 3.42. The average Bonchev–Trinajstić information content (AvgIpc) is 2.56. The summed E-state index contributed by atoms with van der Waals surface area (Å²) in [6.07, 6.45) is 4.43. The van der Waals surface area contributed by atoms with Crippen molar-refractivity contribution in [2.45, 2.75) is 38.2 Å². The first kappa shape index (κ1) is 15.3. The van der Waals surface area contributed by atoms with Gasteiger partial charge in [-0.05, 0) is 43.4 Å². The predicted molar refractivity (Wildman–Crippen MR) is 85.9 cm³/mol. The van der Waals surface area contributed by atoms with Crippen LogP contribution in [-0.4, -0.2) is 38.4 Å². The van der Waals surface area contributed by atoms with Gasteiger partial charge in [0.15, 0.2) is 0 Å². The van der Waals surface area contributed by atoms with Crippen LogP contribution in [0.15, 0.2) is 18.2 Å². The normalized spacial score (nSPS) is 19.0. The number of ether oxygens (including phenoxy) is 2. The van der Waals surface area contributed by atoms with E-state index in [4.69, 9.17) is 15.2 Å². The molecule has 1 amide bonds. The number of nitrogen functional groups attached to an aromatic ring is 1. The molecule has 0 bridgehead atoms. The lowest BCUT2D eigenvalue weighted by atomic mass is 9.99. The summed E-state index contributed by atoms with van der Waals surface area (Å²) in [6.45, 7) is 2.78. The van der Waals surface area contributed by atoms with Crippen molar-refractivity contribution in [3.05, 3.63) is 23.8 Å². The maximum Gasteiger partial charge on any atom is 0.229 e. The second-order valence-corrected chi connectivity index (χ2v) is 5.93. The van der Waals surface area contributed by atoms with Gasteiger partial charge in [0.25, 0.3) is 0 Å². The molecule has 120 valence electrons. The standard InChI is InChI=1S/C17H24N2O3/c18-15-4-1-5-16-14(15)3-2-9-19(16)17(20)8-12-22-13-6-10-21-11-7-13/h1,4-5,13H,2-3,6-12,18H2. The maximum atomic E-state index is 12.5. The summed E-state index contributed by atoms with van der Waals surface area (Å²) < 4.78 is 11.1. The molecule has 0 saturated carbocycles. The van der Waals surface area contributed by atoms with E-state index in [1.807, 2.05) is 23.1 Å². The molecule has 0 spiro atoms. The number of hydrogen-bond acceptors (Lipinski definition) is 4. The molecule has 1 aromatic carbocycles. The van der Waals surface area contributed by atoms with Gasteiger partial charge < -0.3 is 20.1 Å². The molecule has 2 aliphatic heterocycles. The van der Waals surface area contributed by atoms with Crippen LogP contribution in [0.3, 0.4) is 0 Å². The molecule has 1 aromatic rings. The summed E-state index contributed by atoms with van der Waals surface area (Å²) in [6, 6.07) is 5.81. The molecule has 0 aromatic heterocycles. The van der Waals surface area contributed by atoms with Gasteiger partial charge in [0.05, 0.1) is 19.1 Å². The Morgan fingerprint density at radius 3 is 3.00 bits per heavy atom. The highest BCUT2D eigenvalue weighted by molar-refractivity contribution is 5.95. The van der Waals surface area contributed by atoms with Crippen LogP contribution in [0.2, 0.25) is 0 Å². The van der Waals surface area contributed by atoms with Gasteiger partial charge in [-0.15, -0.1) is 0 Å². The van der Waals surface area contributed by atoms with Crippen LogP contribution in [0.1, 0.15) is 31.2 Å². The van der Waals surface area contributed by atoms with Crippen molar-refractivity contribution in [1.82, 2.24) is 0 Å². The Hall–Kier alpha value is -1.59. The molecule has 0 radical (unpaired) electrons. The fourth-order valence-corrected chi connectivity index (χ4v) is 3.20. The fourth-order valence-electron chi connectivity index (χ4n) is 3.20. The van der Waals surface area contributed by atoms with Crippen LogP contribution in [-0.2, 0) is 20.7 Å². The second-order valence-electron chi connectivity index (χ2n) is 5.93. The van der Waals surface area contributed by atoms with Crippen molar-refractivity contribution >= 4 is 17.3 Å². The molecule has 5 nitrogen and oxygen atoms in total. The van der Waals surface area contributed by atoms with E-state index in [9.17, 15) is 4.79 Å². The zero-order valence-electron chi connectivity index (χ0n) is 12.9. The number of fused-ring (bicyclic) bond motifs is 1. The van der Waals surface area contributed by atoms with Gasteiger partial charge in [-0.3, -0.25) is 4.79 Å². The molecule has 2 aliphatic rings. The molecular formula is C17H24N2O3. The number of benzene rings is 1. The SMILES string of the molecule is Nc1cccc2c1CCCN2C(=O)CCOC1CCOCC1. The van der Waals surface area contributed by atoms with E-state index < -0.39 is 0 Å². The molecular weight excluding hydrogens is 280 g/mol. The molecule has 1 fully saturated rings. The highest BCUT2D eigenvalue weighted by Crippen LogP contribution is 2.31. The number of carbonyl (C=O) groups is 1. The zero-order chi connectivity index (χ0) is 15.4. The summed E-state index contributed by atoms with van der Waals surface area (Å²) >= 11 is 0. The van der Waals surface area contributed by atoms with E-state index in [1.54, 1.807) is 0 Å². The van der Waals surface area contributed by atoms with Crippen molar-refractivity contribution in [3.8, 4) is 0 Å². The summed E-state index contributed by atoms with van der Waals surface area (Å²) in [5.41, 5.74) is 8.89. The van der Waals surface area contributed by atoms with Crippen molar-refractivity contribution in [2.75, 3.05) is 37.0 Å². The van der Waals surface area contributed by atoms with Gasteiger partial charge in [-0.2, -0.15) is 0 Å². The number of nitrogens with zero attached hydrogens (tertiary/aromatic N) is 1. The Morgan fingerprint density at radius 1 is 1.36 bits per heavy atom. The van der Waals surface area contributed by atoms with Crippen molar-refractivity contribution < 1.29 is 14.3 Å². The van der Waals surface area contributed by atoms with E-state index in [0.717, 1.165) is 62.4 Å². The number of hydrogen-bond donors (Lipinski definition) is 1. The molecule has 22 heavy (non-hydrogen) atoms. The Balaban J connectivity index is 1.56. The largest absolute Gasteiger partial charge is 0.398 e. The Kier molecular flexibility index (Phi) is 4.95. The lowest BCUT2D eigenvalue weighted by Gasteiger charge is -2.30. The molecule has 0 unspecified atom stereocenters. The van der Waals surface area contributed by atoms with Crippen LogP contribution >= 0.6 is 0 Å². The summed E-state index contributed by atoms with van der Waals surface area (Å²) in [4.78, 5) is 14.4. The monoisotopic (exact) mass is 304 g/mol. The molecule has 1 saturated heterocycles. The van der Waals surface area contributed by atoms with Crippen LogP contribution in [0, 0.1) is 0 Å². The van der Waals surface area contributed by atoms with Crippen molar-refractivity contribution in [3.63, 3.8) is 0 Å². The minimum Gasteiger partial charge on any atom is -0.398 e. The molecule has 0 atom stereocenters.